The SMILES string of the molecule is C(=N/Nc1ccccc1Oc1ccccc1)/c1cnc(N2CCOCC2)s1. The monoisotopic (exact) mass is 380 g/mol. The Morgan fingerprint density at radius 1 is 1.07 bits per heavy atom. The van der Waals surface area contributed by atoms with Gasteiger partial charge < -0.3 is 14.4 Å². The van der Waals surface area contributed by atoms with Crippen molar-refractivity contribution in [1.29, 1.82) is 0 Å². The molecule has 138 valence electrons. The van der Waals surface area contributed by atoms with Crippen LogP contribution in [0.2, 0.25) is 0 Å². The lowest BCUT2D eigenvalue weighted by Gasteiger charge is -2.25. The summed E-state index contributed by atoms with van der Waals surface area (Å²) in [6, 6.07) is 17.4. The second-order valence-corrected chi connectivity index (χ2v) is 6.97. The quantitative estimate of drug-likeness (QED) is 0.513. The fourth-order valence-corrected chi connectivity index (χ4v) is 3.51. The summed E-state index contributed by atoms with van der Waals surface area (Å²) in [5, 5.41) is 5.35. The molecule has 1 saturated heterocycles. The molecule has 0 radical (unpaired) electrons. The number of morpholine rings is 1. The van der Waals surface area contributed by atoms with Crippen LogP contribution in [0.1, 0.15) is 4.88 Å². The molecule has 0 bridgehead atoms. The van der Waals surface area contributed by atoms with E-state index >= 15 is 0 Å². The highest BCUT2D eigenvalue weighted by Gasteiger charge is 2.14. The van der Waals surface area contributed by atoms with Gasteiger partial charge >= 0.3 is 0 Å². The molecule has 0 spiro atoms. The topological polar surface area (TPSA) is 59.0 Å². The molecule has 1 fully saturated rings. The third-order valence-electron chi connectivity index (χ3n) is 4.03. The van der Waals surface area contributed by atoms with Crippen LogP contribution in [0.25, 0.3) is 0 Å². The van der Waals surface area contributed by atoms with Crippen LogP contribution in [0, 0.1) is 0 Å². The Bertz CT molecular complexity index is 892. The standard InChI is InChI=1S/C20H20N4O2S/c1-2-6-16(7-3-1)26-19-9-5-4-8-18(19)23-22-15-17-14-21-20(27-17)24-10-12-25-13-11-24/h1-9,14-15,23H,10-13H2/b22-15-. The second-order valence-electron chi connectivity index (χ2n) is 5.93. The first kappa shape index (κ1) is 17.5. The van der Waals surface area contributed by atoms with Gasteiger partial charge in [-0.2, -0.15) is 5.10 Å². The number of thiazole rings is 1. The minimum Gasteiger partial charge on any atom is -0.455 e. The first-order valence-corrected chi connectivity index (χ1v) is 9.60. The fraction of sp³-hybridized carbons (Fsp3) is 0.200. The van der Waals surface area contributed by atoms with Gasteiger partial charge in [0, 0.05) is 19.3 Å². The molecule has 0 atom stereocenters. The zero-order valence-corrected chi connectivity index (χ0v) is 15.6. The maximum atomic E-state index is 5.93. The molecule has 1 aliphatic heterocycles. The molecule has 2 aromatic carbocycles. The third-order valence-corrected chi connectivity index (χ3v) is 5.02. The zero-order chi connectivity index (χ0) is 18.3. The van der Waals surface area contributed by atoms with Crippen molar-refractivity contribution in [2.45, 2.75) is 0 Å². The Morgan fingerprint density at radius 2 is 1.85 bits per heavy atom. The summed E-state index contributed by atoms with van der Waals surface area (Å²) < 4.78 is 11.3. The zero-order valence-electron chi connectivity index (χ0n) is 14.7. The van der Waals surface area contributed by atoms with Crippen molar-refractivity contribution in [1.82, 2.24) is 4.98 Å². The molecule has 1 N–H and O–H groups in total. The Kier molecular flexibility index (Phi) is 5.61. The Labute approximate surface area is 162 Å². The van der Waals surface area contributed by atoms with Gasteiger partial charge in [0.25, 0.3) is 0 Å². The number of hydrogen-bond acceptors (Lipinski definition) is 7. The molecule has 27 heavy (non-hydrogen) atoms. The van der Waals surface area contributed by atoms with Gasteiger partial charge in [-0.25, -0.2) is 4.98 Å². The van der Waals surface area contributed by atoms with Crippen LogP contribution in [-0.2, 0) is 4.74 Å². The van der Waals surface area contributed by atoms with E-state index in [1.807, 2.05) is 60.8 Å². The second kappa shape index (κ2) is 8.66. The van der Waals surface area contributed by atoms with Gasteiger partial charge in [0.05, 0.1) is 30.0 Å². The van der Waals surface area contributed by atoms with E-state index in [0.717, 1.165) is 53.5 Å². The minimum absolute atomic E-state index is 0.721. The van der Waals surface area contributed by atoms with E-state index in [9.17, 15) is 0 Å². The molecular formula is C20H20N4O2S. The highest BCUT2D eigenvalue weighted by atomic mass is 32.1. The van der Waals surface area contributed by atoms with Crippen LogP contribution in [0.3, 0.4) is 0 Å². The number of nitrogens with one attached hydrogen (secondary N) is 1. The molecule has 0 unspecified atom stereocenters. The summed E-state index contributed by atoms with van der Waals surface area (Å²) in [5.41, 5.74) is 3.86. The molecule has 0 aliphatic carbocycles. The van der Waals surface area contributed by atoms with Crippen LogP contribution >= 0.6 is 11.3 Å². The van der Waals surface area contributed by atoms with Gasteiger partial charge in [-0.05, 0) is 24.3 Å². The van der Waals surface area contributed by atoms with E-state index in [1.165, 1.54) is 0 Å². The van der Waals surface area contributed by atoms with Crippen molar-refractivity contribution >= 4 is 28.4 Å². The highest BCUT2D eigenvalue weighted by Crippen LogP contribution is 2.29. The van der Waals surface area contributed by atoms with E-state index in [1.54, 1.807) is 17.6 Å². The average molecular weight is 380 g/mol. The Balaban J connectivity index is 1.41. The average Bonchev–Trinajstić information content (AvgIpc) is 3.20. The molecular weight excluding hydrogens is 360 g/mol. The summed E-state index contributed by atoms with van der Waals surface area (Å²) in [6.07, 6.45) is 3.62. The Hall–Kier alpha value is -2.90. The number of hydrogen-bond donors (Lipinski definition) is 1. The first-order chi connectivity index (χ1) is 13.4. The molecule has 1 aliphatic rings. The molecule has 6 nitrogen and oxygen atoms in total. The van der Waals surface area contributed by atoms with Crippen molar-refractivity contribution in [3.63, 3.8) is 0 Å². The maximum Gasteiger partial charge on any atom is 0.186 e. The lowest BCUT2D eigenvalue weighted by Crippen LogP contribution is -2.36. The summed E-state index contributed by atoms with van der Waals surface area (Å²) in [4.78, 5) is 7.71. The number of hydrazone groups is 1. The van der Waals surface area contributed by atoms with Gasteiger partial charge in [-0.1, -0.05) is 41.7 Å². The van der Waals surface area contributed by atoms with Crippen molar-refractivity contribution in [2.24, 2.45) is 5.10 Å². The molecule has 3 aromatic rings. The number of aromatic nitrogens is 1. The van der Waals surface area contributed by atoms with Crippen molar-refractivity contribution in [2.75, 3.05) is 36.6 Å². The number of anilines is 2. The molecule has 0 saturated carbocycles. The predicted molar refractivity (Wildman–Crippen MR) is 109 cm³/mol. The van der Waals surface area contributed by atoms with Gasteiger partial charge in [-0.15, -0.1) is 0 Å². The van der Waals surface area contributed by atoms with Gasteiger partial charge in [0.15, 0.2) is 10.9 Å². The summed E-state index contributed by atoms with van der Waals surface area (Å²) in [6.45, 7) is 3.27. The van der Waals surface area contributed by atoms with Gasteiger partial charge in [-0.3, -0.25) is 5.43 Å². The molecule has 0 amide bonds. The number of benzene rings is 2. The lowest BCUT2D eigenvalue weighted by molar-refractivity contribution is 0.122. The number of para-hydroxylation sites is 3. The van der Waals surface area contributed by atoms with Gasteiger partial charge in [0.1, 0.15) is 5.75 Å². The van der Waals surface area contributed by atoms with E-state index in [4.69, 9.17) is 9.47 Å². The van der Waals surface area contributed by atoms with Crippen molar-refractivity contribution < 1.29 is 9.47 Å². The Morgan fingerprint density at radius 3 is 2.70 bits per heavy atom. The van der Waals surface area contributed by atoms with Crippen LogP contribution in [0.4, 0.5) is 10.8 Å². The summed E-state index contributed by atoms with van der Waals surface area (Å²) >= 11 is 1.62. The van der Waals surface area contributed by atoms with Crippen LogP contribution in [-0.4, -0.2) is 37.5 Å². The van der Waals surface area contributed by atoms with Crippen LogP contribution in [0.15, 0.2) is 65.9 Å². The molecule has 4 rings (SSSR count). The number of rotatable bonds is 6. The summed E-state index contributed by atoms with van der Waals surface area (Å²) in [5.74, 6) is 1.51. The highest BCUT2D eigenvalue weighted by molar-refractivity contribution is 7.17. The third kappa shape index (κ3) is 4.64. The molecule has 1 aromatic heterocycles. The minimum atomic E-state index is 0.721. The maximum absolute atomic E-state index is 5.93. The smallest absolute Gasteiger partial charge is 0.186 e. The van der Waals surface area contributed by atoms with E-state index < -0.39 is 0 Å². The van der Waals surface area contributed by atoms with Crippen LogP contribution < -0.4 is 15.1 Å². The molecule has 2 heterocycles. The first-order valence-electron chi connectivity index (χ1n) is 8.78. The van der Waals surface area contributed by atoms with Gasteiger partial charge in [0.2, 0.25) is 0 Å². The van der Waals surface area contributed by atoms with Crippen LogP contribution in [0.5, 0.6) is 11.5 Å². The van der Waals surface area contributed by atoms with Crippen molar-refractivity contribution in [3.8, 4) is 11.5 Å². The van der Waals surface area contributed by atoms with E-state index in [-0.39, 0.29) is 0 Å². The largest absolute Gasteiger partial charge is 0.455 e. The number of ether oxygens (including phenoxy) is 2. The normalized spacial score (nSPS) is 14.4. The lowest BCUT2D eigenvalue weighted by atomic mass is 10.3. The van der Waals surface area contributed by atoms with E-state index in [2.05, 4.69) is 20.4 Å². The summed E-state index contributed by atoms with van der Waals surface area (Å²) in [7, 11) is 0. The van der Waals surface area contributed by atoms with Crippen molar-refractivity contribution in [3.05, 3.63) is 65.7 Å². The predicted octanol–water partition coefficient (Wildman–Crippen LogP) is 4.22. The fourth-order valence-electron chi connectivity index (χ4n) is 2.67. The van der Waals surface area contributed by atoms with E-state index in [0.29, 0.717) is 0 Å². The molecule has 7 heteroatoms. The number of nitrogens with zero attached hydrogens (tertiary/aromatic N) is 3.